The molecule has 0 aromatic heterocycles. The zero-order valence-corrected chi connectivity index (χ0v) is 11.8. The van der Waals surface area contributed by atoms with E-state index in [1.807, 2.05) is 36.4 Å². The molecule has 0 saturated carbocycles. The molecule has 3 rings (SSSR count). The van der Waals surface area contributed by atoms with Crippen LogP contribution in [0.5, 0.6) is 0 Å². The lowest BCUT2D eigenvalue weighted by Crippen LogP contribution is -2.30. The van der Waals surface area contributed by atoms with Crippen molar-refractivity contribution < 1.29 is 9.59 Å². The fourth-order valence-corrected chi connectivity index (χ4v) is 3.20. The highest BCUT2D eigenvalue weighted by atomic mass is 127. The number of amides is 2. The molecule has 1 heterocycles. The molecule has 0 N–H and O–H groups in total. The first kappa shape index (κ1) is 11.9. The van der Waals surface area contributed by atoms with Gasteiger partial charge >= 0.3 is 0 Å². The van der Waals surface area contributed by atoms with E-state index in [4.69, 9.17) is 0 Å². The molecular formula is C14H12INO2. The summed E-state index contributed by atoms with van der Waals surface area (Å²) in [6.07, 6.45) is 5.39. The maximum atomic E-state index is 12.3. The van der Waals surface area contributed by atoms with Crippen molar-refractivity contribution in [1.82, 2.24) is 0 Å². The first-order valence-corrected chi connectivity index (χ1v) is 7.05. The van der Waals surface area contributed by atoms with Crippen molar-refractivity contribution in [1.29, 1.82) is 0 Å². The highest BCUT2D eigenvalue weighted by molar-refractivity contribution is 14.1. The Hall–Kier alpha value is -1.17. The molecule has 0 radical (unpaired) electrons. The lowest BCUT2D eigenvalue weighted by Gasteiger charge is -2.14. The van der Waals surface area contributed by atoms with Crippen molar-refractivity contribution in [2.75, 3.05) is 4.90 Å². The molecule has 1 aromatic carbocycles. The highest BCUT2D eigenvalue weighted by Crippen LogP contribution is 2.37. The van der Waals surface area contributed by atoms with Crippen LogP contribution in [0.3, 0.4) is 0 Å². The average Bonchev–Trinajstić information content (AvgIpc) is 2.63. The number of imide groups is 1. The number of carbonyl (C=O) groups is 2. The van der Waals surface area contributed by atoms with Gasteiger partial charge in [0.05, 0.1) is 17.5 Å². The van der Waals surface area contributed by atoms with E-state index in [2.05, 4.69) is 22.6 Å². The van der Waals surface area contributed by atoms with Crippen LogP contribution in [-0.4, -0.2) is 11.8 Å². The van der Waals surface area contributed by atoms with Crippen molar-refractivity contribution >= 4 is 40.1 Å². The first-order valence-electron chi connectivity index (χ1n) is 5.97. The first-order chi connectivity index (χ1) is 8.68. The van der Waals surface area contributed by atoms with Crippen LogP contribution in [0.4, 0.5) is 5.69 Å². The Balaban J connectivity index is 1.99. The molecule has 1 aliphatic carbocycles. The zero-order chi connectivity index (χ0) is 12.7. The predicted molar refractivity (Wildman–Crippen MR) is 77.0 cm³/mol. The van der Waals surface area contributed by atoms with E-state index < -0.39 is 0 Å². The Labute approximate surface area is 119 Å². The average molecular weight is 353 g/mol. The Kier molecular flexibility index (Phi) is 2.97. The molecule has 1 aromatic rings. The quantitative estimate of drug-likeness (QED) is 0.442. The molecule has 3 nitrogen and oxygen atoms in total. The molecule has 1 fully saturated rings. The number of nitrogens with zero attached hydrogens (tertiary/aromatic N) is 1. The van der Waals surface area contributed by atoms with Crippen molar-refractivity contribution in [3.63, 3.8) is 0 Å². The zero-order valence-electron chi connectivity index (χ0n) is 9.67. The maximum absolute atomic E-state index is 12.3. The lowest BCUT2D eigenvalue weighted by atomic mass is 9.85. The molecule has 1 saturated heterocycles. The molecule has 4 heteroatoms. The second kappa shape index (κ2) is 4.50. The summed E-state index contributed by atoms with van der Waals surface area (Å²) in [4.78, 5) is 26.0. The summed E-state index contributed by atoms with van der Waals surface area (Å²) in [7, 11) is 0. The minimum Gasteiger partial charge on any atom is -0.274 e. The van der Waals surface area contributed by atoms with Gasteiger partial charge in [0.15, 0.2) is 0 Å². The number of allylic oxidation sites excluding steroid dienone is 2. The number of benzene rings is 1. The Bertz CT molecular complexity index is 526. The monoisotopic (exact) mass is 353 g/mol. The van der Waals surface area contributed by atoms with Crippen LogP contribution in [-0.2, 0) is 9.59 Å². The number of rotatable bonds is 1. The number of anilines is 1. The molecule has 2 amide bonds. The van der Waals surface area contributed by atoms with E-state index in [1.165, 1.54) is 4.90 Å². The minimum absolute atomic E-state index is 0.0450. The molecule has 2 atom stereocenters. The highest BCUT2D eigenvalue weighted by Gasteiger charge is 2.47. The number of carbonyl (C=O) groups excluding carboxylic acids is 2. The molecule has 1 aliphatic heterocycles. The van der Waals surface area contributed by atoms with Gasteiger partial charge in [0.1, 0.15) is 0 Å². The lowest BCUT2D eigenvalue weighted by molar-refractivity contribution is -0.122. The summed E-state index contributed by atoms with van der Waals surface area (Å²) >= 11 is 2.19. The molecule has 0 spiro atoms. The number of hydrogen-bond acceptors (Lipinski definition) is 2. The van der Waals surface area contributed by atoms with E-state index in [9.17, 15) is 9.59 Å². The Morgan fingerprint density at radius 3 is 2.22 bits per heavy atom. The molecule has 2 aliphatic rings. The van der Waals surface area contributed by atoms with E-state index in [-0.39, 0.29) is 23.7 Å². The van der Waals surface area contributed by atoms with Crippen LogP contribution in [0.1, 0.15) is 12.8 Å². The Morgan fingerprint density at radius 2 is 1.67 bits per heavy atom. The van der Waals surface area contributed by atoms with E-state index >= 15 is 0 Å². The van der Waals surface area contributed by atoms with Crippen LogP contribution in [0, 0.1) is 15.4 Å². The third-order valence-electron chi connectivity index (χ3n) is 3.57. The summed E-state index contributed by atoms with van der Waals surface area (Å²) in [6, 6.07) is 7.52. The van der Waals surface area contributed by atoms with Crippen LogP contribution in [0.2, 0.25) is 0 Å². The summed E-state index contributed by atoms with van der Waals surface area (Å²) in [5, 5.41) is 0. The van der Waals surface area contributed by atoms with Crippen molar-refractivity contribution in [2.45, 2.75) is 12.8 Å². The van der Waals surface area contributed by atoms with E-state index in [0.717, 1.165) is 3.57 Å². The van der Waals surface area contributed by atoms with Crippen LogP contribution in [0.15, 0.2) is 36.4 Å². The maximum Gasteiger partial charge on any atom is 0.238 e. The standard InChI is InChI=1S/C14H12INO2/c15-9-4-3-5-10(8-9)16-13(17)11-6-1-2-7-12(11)14(16)18/h1-5,8,11-12H,6-7H2. The van der Waals surface area contributed by atoms with Gasteiger partial charge in [0.2, 0.25) is 11.8 Å². The number of halogens is 1. The van der Waals surface area contributed by atoms with Gasteiger partial charge in [0, 0.05) is 3.57 Å². The molecule has 18 heavy (non-hydrogen) atoms. The van der Waals surface area contributed by atoms with E-state index in [0.29, 0.717) is 18.5 Å². The van der Waals surface area contributed by atoms with Gasteiger partial charge in [-0.05, 0) is 53.6 Å². The number of hydrogen-bond donors (Lipinski definition) is 0. The SMILES string of the molecule is O=C1C2CC=CCC2C(=O)N1c1cccc(I)c1. The van der Waals surface area contributed by atoms with Gasteiger partial charge in [-0.25, -0.2) is 4.90 Å². The van der Waals surface area contributed by atoms with Crippen LogP contribution < -0.4 is 4.90 Å². The summed E-state index contributed by atoms with van der Waals surface area (Å²) < 4.78 is 1.03. The molecular weight excluding hydrogens is 341 g/mol. The smallest absolute Gasteiger partial charge is 0.238 e. The van der Waals surface area contributed by atoms with Crippen LogP contribution in [0.25, 0.3) is 0 Å². The number of fused-ring (bicyclic) bond motifs is 1. The molecule has 2 unspecified atom stereocenters. The third kappa shape index (κ3) is 1.79. The molecule has 0 bridgehead atoms. The second-order valence-electron chi connectivity index (χ2n) is 4.65. The molecule has 92 valence electrons. The third-order valence-corrected chi connectivity index (χ3v) is 4.24. The van der Waals surface area contributed by atoms with Gasteiger partial charge in [-0.15, -0.1) is 0 Å². The van der Waals surface area contributed by atoms with Gasteiger partial charge in [-0.3, -0.25) is 9.59 Å². The van der Waals surface area contributed by atoms with Gasteiger partial charge in [-0.2, -0.15) is 0 Å². The summed E-state index contributed by atoms with van der Waals surface area (Å²) in [6.45, 7) is 0. The van der Waals surface area contributed by atoms with Crippen molar-refractivity contribution in [2.24, 2.45) is 11.8 Å². The second-order valence-corrected chi connectivity index (χ2v) is 5.89. The predicted octanol–water partition coefficient (Wildman–Crippen LogP) is 2.75. The van der Waals surface area contributed by atoms with Gasteiger partial charge in [-0.1, -0.05) is 18.2 Å². The largest absolute Gasteiger partial charge is 0.274 e. The summed E-state index contributed by atoms with van der Waals surface area (Å²) in [5.41, 5.74) is 0.700. The fraction of sp³-hybridized carbons (Fsp3) is 0.286. The topological polar surface area (TPSA) is 37.4 Å². The Morgan fingerprint density at radius 1 is 1.06 bits per heavy atom. The normalized spacial score (nSPS) is 26.6. The fourth-order valence-electron chi connectivity index (χ4n) is 2.67. The van der Waals surface area contributed by atoms with Crippen molar-refractivity contribution in [3.8, 4) is 0 Å². The van der Waals surface area contributed by atoms with Gasteiger partial charge < -0.3 is 0 Å². The van der Waals surface area contributed by atoms with E-state index in [1.54, 1.807) is 0 Å². The van der Waals surface area contributed by atoms with Gasteiger partial charge in [0.25, 0.3) is 0 Å². The van der Waals surface area contributed by atoms with Crippen molar-refractivity contribution in [3.05, 3.63) is 40.0 Å². The summed E-state index contributed by atoms with van der Waals surface area (Å²) in [5.74, 6) is -0.395. The van der Waals surface area contributed by atoms with Crippen LogP contribution >= 0.6 is 22.6 Å². The minimum atomic E-state index is -0.152.